The number of nitrogens with zero attached hydrogens (tertiary/aromatic N) is 3. The summed E-state index contributed by atoms with van der Waals surface area (Å²) in [5, 5.41) is 5.54. The van der Waals surface area contributed by atoms with E-state index in [9.17, 15) is 4.79 Å². The lowest BCUT2D eigenvalue weighted by Gasteiger charge is -2.44. The Labute approximate surface area is 214 Å². The predicted octanol–water partition coefficient (Wildman–Crippen LogP) is 4.49. The van der Waals surface area contributed by atoms with Gasteiger partial charge < -0.3 is 25.7 Å². The van der Waals surface area contributed by atoms with Crippen molar-refractivity contribution in [2.45, 2.75) is 25.5 Å². The maximum atomic E-state index is 13.6. The Kier molecular flexibility index (Phi) is 6.34. The highest BCUT2D eigenvalue weighted by atomic mass is 35.5. The molecule has 0 saturated carbocycles. The molecule has 36 heavy (non-hydrogen) atoms. The third-order valence-corrected chi connectivity index (χ3v) is 6.70. The minimum absolute atomic E-state index is 0.178. The first-order valence-corrected chi connectivity index (χ1v) is 12.1. The molecule has 1 aromatic carbocycles. The van der Waals surface area contributed by atoms with Crippen molar-refractivity contribution < 1.29 is 9.53 Å². The topological polar surface area (TPSA) is 99.5 Å². The Bertz CT molecular complexity index is 1440. The fraction of sp³-hybridized carbons (Fsp3) is 0.259. The molecule has 0 spiro atoms. The molecule has 4 N–H and O–H groups in total. The van der Waals surface area contributed by atoms with Crippen LogP contribution in [0.5, 0.6) is 0 Å². The Morgan fingerprint density at radius 2 is 2.22 bits per heavy atom. The molecule has 0 bridgehead atoms. The molecule has 0 unspecified atom stereocenters. The smallest absolute Gasteiger partial charge is 0.244 e. The summed E-state index contributed by atoms with van der Waals surface area (Å²) >= 11 is 6.44. The minimum atomic E-state index is -0.524. The average Bonchev–Trinajstić information content (AvgIpc) is 3.22. The maximum absolute atomic E-state index is 13.6. The van der Waals surface area contributed by atoms with Crippen LogP contribution in [0.1, 0.15) is 13.8 Å². The molecule has 2 aromatic heterocycles. The van der Waals surface area contributed by atoms with E-state index in [0.29, 0.717) is 23.8 Å². The van der Waals surface area contributed by atoms with Gasteiger partial charge in [-0.25, -0.2) is 0 Å². The molecule has 0 radical (unpaired) electrons. The molecule has 8 nitrogen and oxygen atoms in total. The van der Waals surface area contributed by atoms with Crippen LogP contribution in [-0.4, -0.2) is 57.0 Å². The molecular formula is C27H29ClN6O2. The number of carbonyl (C=O) groups is 1. The number of halogens is 1. The van der Waals surface area contributed by atoms with E-state index in [-0.39, 0.29) is 12.5 Å². The number of allylic oxidation sites excluding steroid dienone is 3. The number of nitrogens with one attached hydrogen (secondary N) is 2. The molecule has 1 amide bonds. The van der Waals surface area contributed by atoms with E-state index in [0.717, 1.165) is 33.2 Å². The number of fused-ring (bicyclic) bond motifs is 3. The summed E-state index contributed by atoms with van der Waals surface area (Å²) < 4.78 is 6.05. The summed E-state index contributed by atoms with van der Waals surface area (Å²) in [6.07, 6.45) is 12.7. The minimum Gasteiger partial charge on any atom is -0.403 e. The van der Waals surface area contributed by atoms with Crippen molar-refractivity contribution in [3.63, 3.8) is 0 Å². The molecule has 1 saturated heterocycles. The molecular weight excluding hydrogens is 476 g/mol. The maximum Gasteiger partial charge on any atom is 0.244 e. The molecule has 186 valence electrons. The number of hydrogen-bond donors (Lipinski definition) is 3. The van der Waals surface area contributed by atoms with Crippen LogP contribution in [0.15, 0.2) is 79.2 Å². The Morgan fingerprint density at radius 1 is 1.39 bits per heavy atom. The van der Waals surface area contributed by atoms with Gasteiger partial charge in [-0.1, -0.05) is 24.3 Å². The van der Waals surface area contributed by atoms with Gasteiger partial charge in [0.2, 0.25) is 5.91 Å². The van der Waals surface area contributed by atoms with Gasteiger partial charge in [-0.15, -0.1) is 0 Å². The number of nitrogens with two attached hydrogens (primary N) is 1. The van der Waals surface area contributed by atoms with Crippen LogP contribution in [0.2, 0.25) is 5.02 Å². The molecule has 2 aliphatic heterocycles. The number of anilines is 1. The van der Waals surface area contributed by atoms with Crippen molar-refractivity contribution in [2.75, 3.05) is 25.0 Å². The van der Waals surface area contributed by atoms with Gasteiger partial charge in [0.05, 0.1) is 40.8 Å². The summed E-state index contributed by atoms with van der Waals surface area (Å²) in [5.74, 6) is -0.178. The second kappa shape index (κ2) is 9.46. The van der Waals surface area contributed by atoms with Crippen molar-refractivity contribution in [2.24, 2.45) is 5.73 Å². The summed E-state index contributed by atoms with van der Waals surface area (Å²) in [6, 6.07) is 5.04. The van der Waals surface area contributed by atoms with Crippen LogP contribution in [0.3, 0.4) is 0 Å². The number of ether oxygens (including phenoxy) is 1. The van der Waals surface area contributed by atoms with E-state index >= 15 is 0 Å². The van der Waals surface area contributed by atoms with Crippen molar-refractivity contribution >= 4 is 45.0 Å². The molecule has 2 aliphatic rings. The monoisotopic (exact) mass is 504 g/mol. The van der Waals surface area contributed by atoms with E-state index in [2.05, 4.69) is 26.8 Å². The van der Waals surface area contributed by atoms with E-state index in [1.165, 1.54) is 0 Å². The van der Waals surface area contributed by atoms with Crippen LogP contribution in [0.4, 0.5) is 5.69 Å². The number of aromatic nitrogens is 2. The van der Waals surface area contributed by atoms with Gasteiger partial charge in [-0.05, 0) is 44.2 Å². The van der Waals surface area contributed by atoms with Crippen molar-refractivity contribution in [3.8, 4) is 0 Å². The number of H-pyrrole nitrogens is 1. The largest absolute Gasteiger partial charge is 0.403 e. The second-order valence-electron chi connectivity index (χ2n) is 9.63. The second-order valence-corrected chi connectivity index (χ2v) is 10.1. The van der Waals surface area contributed by atoms with Crippen LogP contribution >= 0.6 is 11.6 Å². The van der Waals surface area contributed by atoms with Crippen LogP contribution in [-0.2, 0) is 9.53 Å². The number of aromatic amines is 1. The number of rotatable bonds is 5. The van der Waals surface area contributed by atoms with E-state index < -0.39 is 11.6 Å². The molecule has 4 heterocycles. The summed E-state index contributed by atoms with van der Waals surface area (Å²) in [4.78, 5) is 25.2. The molecule has 0 aliphatic carbocycles. The van der Waals surface area contributed by atoms with Crippen LogP contribution in [0, 0.1) is 0 Å². The first kappa shape index (κ1) is 24.1. The highest BCUT2D eigenvalue weighted by Crippen LogP contribution is 2.34. The Balaban J connectivity index is 1.42. The Morgan fingerprint density at radius 3 is 3.03 bits per heavy atom. The number of amides is 1. The highest BCUT2D eigenvalue weighted by molar-refractivity contribution is 6.33. The van der Waals surface area contributed by atoms with Crippen LogP contribution in [0.25, 0.3) is 21.8 Å². The predicted molar refractivity (Wildman–Crippen MR) is 144 cm³/mol. The van der Waals surface area contributed by atoms with Crippen molar-refractivity contribution in [1.82, 2.24) is 19.8 Å². The van der Waals surface area contributed by atoms with Gasteiger partial charge in [-0.2, -0.15) is 0 Å². The number of morpholine rings is 1. The first-order chi connectivity index (χ1) is 17.3. The molecule has 3 aromatic rings. The molecule has 5 rings (SSSR count). The number of hydrogen-bond acceptors (Lipinski definition) is 6. The van der Waals surface area contributed by atoms with Crippen molar-refractivity contribution in [1.29, 1.82) is 0 Å². The summed E-state index contributed by atoms with van der Waals surface area (Å²) in [6.45, 7) is 9.58. The fourth-order valence-corrected chi connectivity index (χ4v) is 5.00. The zero-order chi connectivity index (χ0) is 25.4. The SMILES string of the molecule is C=C(CN1CC(C)(C)OC[C@H]1C(=O)Nc1cc(Cl)cc2c1[nH]c1cnccc12)N1C=CC=C/C1=C/N. The Hall–Kier alpha value is -3.59. The number of pyridine rings is 1. The van der Waals surface area contributed by atoms with Gasteiger partial charge in [-0.3, -0.25) is 14.7 Å². The van der Waals surface area contributed by atoms with Gasteiger partial charge in [0.25, 0.3) is 0 Å². The van der Waals surface area contributed by atoms with Gasteiger partial charge >= 0.3 is 0 Å². The standard InChI is InChI=1S/C27H29ClN6O2/c1-17(34-9-5-4-6-19(34)12-29)14-33-16-27(2,3)36-15-24(33)26(35)32-22-11-18(28)10-21-20-7-8-30-13-23(20)31-25(21)22/h4-13,24,31H,1,14-16,29H2,2-3H3,(H,32,35)/b19-12-/t24-/m0/s1. The van der Waals surface area contributed by atoms with E-state index in [4.69, 9.17) is 22.1 Å². The van der Waals surface area contributed by atoms with E-state index in [1.54, 1.807) is 24.7 Å². The molecule has 1 fully saturated rings. The van der Waals surface area contributed by atoms with Gasteiger partial charge in [0.15, 0.2) is 0 Å². The van der Waals surface area contributed by atoms with Crippen LogP contribution < -0.4 is 11.1 Å². The zero-order valence-corrected chi connectivity index (χ0v) is 21.0. The third-order valence-electron chi connectivity index (χ3n) is 6.48. The van der Waals surface area contributed by atoms with Crippen molar-refractivity contribution in [3.05, 3.63) is 84.2 Å². The lowest BCUT2D eigenvalue weighted by Crippen LogP contribution is -2.58. The number of benzene rings is 1. The first-order valence-electron chi connectivity index (χ1n) is 11.7. The lowest BCUT2D eigenvalue weighted by atomic mass is 10.0. The number of carbonyl (C=O) groups excluding carboxylic acids is 1. The normalized spacial score (nSPS) is 20.9. The lowest BCUT2D eigenvalue weighted by molar-refractivity contribution is -0.142. The van der Waals surface area contributed by atoms with Gasteiger partial charge in [0.1, 0.15) is 6.04 Å². The van der Waals surface area contributed by atoms with Gasteiger partial charge in [0, 0.05) is 53.2 Å². The summed E-state index contributed by atoms with van der Waals surface area (Å²) in [7, 11) is 0. The fourth-order valence-electron chi connectivity index (χ4n) is 4.79. The zero-order valence-electron chi connectivity index (χ0n) is 20.3. The highest BCUT2D eigenvalue weighted by Gasteiger charge is 2.38. The third kappa shape index (κ3) is 4.63. The van der Waals surface area contributed by atoms with E-state index in [1.807, 2.05) is 55.3 Å². The molecule has 9 heteroatoms. The average molecular weight is 505 g/mol. The quantitative estimate of drug-likeness (QED) is 0.473. The molecule has 1 atom stereocenters. The summed E-state index contributed by atoms with van der Waals surface area (Å²) in [5.41, 5.74) is 9.31.